The van der Waals surface area contributed by atoms with Gasteiger partial charge in [0.25, 0.3) is 0 Å². The number of rotatable bonds is 7. The van der Waals surface area contributed by atoms with Crippen LogP contribution in [-0.4, -0.2) is 21.7 Å². The van der Waals surface area contributed by atoms with Crippen molar-refractivity contribution in [1.82, 2.24) is 14.5 Å². The normalized spacial score (nSPS) is 22.8. The van der Waals surface area contributed by atoms with E-state index in [1.807, 2.05) is 35.4 Å². The van der Waals surface area contributed by atoms with Crippen molar-refractivity contribution in [2.24, 2.45) is 5.92 Å². The molecular formula is C16H29N3O. The topological polar surface area (TPSA) is 39.0 Å². The molecule has 0 bridgehead atoms. The van der Waals surface area contributed by atoms with Crippen LogP contribution in [0.2, 0.25) is 0 Å². The van der Waals surface area contributed by atoms with Crippen molar-refractivity contribution in [3.05, 3.63) is 22.9 Å². The van der Waals surface area contributed by atoms with E-state index in [1.165, 1.54) is 25.7 Å². The number of hydrogen-bond donors (Lipinski definition) is 1. The van der Waals surface area contributed by atoms with Crippen LogP contribution in [-0.2, 0) is 6.54 Å². The maximum atomic E-state index is 12.2. The zero-order chi connectivity index (χ0) is 14.5. The second kappa shape index (κ2) is 7.11. The minimum atomic E-state index is 0.135. The highest BCUT2D eigenvalue weighted by Crippen LogP contribution is 2.28. The maximum Gasteiger partial charge on any atom is 0.328 e. The molecule has 1 aromatic heterocycles. The highest BCUT2D eigenvalue weighted by Gasteiger charge is 2.26. The molecule has 1 N–H and O–H groups in total. The molecule has 0 aliphatic heterocycles. The SMILES string of the molecule is CCCNC1CCCC1CCn1ccn(C(C)C)c1=O. The van der Waals surface area contributed by atoms with Crippen LogP contribution in [0, 0.1) is 5.92 Å². The fourth-order valence-electron chi connectivity index (χ4n) is 3.28. The number of nitrogens with zero attached hydrogens (tertiary/aromatic N) is 2. The summed E-state index contributed by atoms with van der Waals surface area (Å²) in [6.45, 7) is 8.28. The molecule has 2 atom stereocenters. The quantitative estimate of drug-likeness (QED) is 0.833. The predicted octanol–water partition coefficient (Wildman–Crippen LogP) is 2.79. The van der Waals surface area contributed by atoms with Crippen molar-refractivity contribution in [1.29, 1.82) is 0 Å². The highest BCUT2D eigenvalue weighted by atomic mass is 16.1. The molecule has 1 heterocycles. The molecule has 1 fully saturated rings. The minimum absolute atomic E-state index is 0.135. The molecule has 0 radical (unpaired) electrons. The van der Waals surface area contributed by atoms with Gasteiger partial charge in [0, 0.05) is 31.0 Å². The Morgan fingerprint density at radius 3 is 2.80 bits per heavy atom. The van der Waals surface area contributed by atoms with Crippen LogP contribution in [0.15, 0.2) is 17.2 Å². The van der Waals surface area contributed by atoms with Crippen molar-refractivity contribution >= 4 is 0 Å². The third-order valence-corrected chi connectivity index (χ3v) is 4.49. The number of imidazole rings is 1. The van der Waals surface area contributed by atoms with Gasteiger partial charge in [-0.1, -0.05) is 13.3 Å². The standard InChI is InChI=1S/C16H29N3O/c1-4-9-17-15-7-5-6-14(15)8-10-18-11-12-19(13(2)3)16(18)20/h11-15,17H,4-10H2,1-3H3. The first-order chi connectivity index (χ1) is 9.63. The van der Waals surface area contributed by atoms with Gasteiger partial charge in [-0.3, -0.25) is 9.13 Å². The van der Waals surface area contributed by atoms with Crippen molar-refractivity contribution in [3.8, 4) is 0 Å². The van der Waals surface area contributed by atoms with Crippen molar-refractivity contribution < 1.29 is 0 Å². The summed E-state index contributed by atoms with van der Waals surface area (Å²) < 4.78 is 3.68. The van der Waals surface area contributed by atoms with Gasteiger partial charge < -0.3 is 5.32 Å². The summed E-state index contributed by atoms with van der Waals surface area (Å²) in [5.74, 6) is 0.732. The van der Waals surface area contributed by atoms with E-state index in [4.69, 9.17) is 0 Å². The van der Waals surface area contributed by atoms with Crippen LogP contribution in [0.4, 0.5) is 0 Å². The van der Waals surface area contributed by atoms with Gasteiger partial charge in [-0.25, -0.2) is 4.79 Å². The lowest BCUT2D eigenvalue weighted by atomic mass is 9.99. The smallest absolute Gasteiger partial charge is 0.314 e. The molecule has 0 spiro atoms. The fourth-order valence-corrected chi connectivity index (χ4v) is 3.28. The van der Waals surface area contributed by atoms with Crippen molar-refractivity contribution in [2.45, 2.75) is 71.5 Å². The number of hydrogen-bond acceptors (Lipinski definition) is 2. The van der Waals surface area contributed by atoms with Crippen LogP contribution < -0.4 is 11.0 Å². The van der Waals surface area contributed by atoms with E-state index >= 15 is 0 Å². The summed E-state index contributed by atoms with van der Waals surface area (Å²) in [7, 11) is 0. The molecular weight excluding hydrogens is 250 g/mol. The van der Waals surface area contributed by atoms with Crippen LogP contribution in [0.3, 0.4) is 0 Å². The summed E-state index contributed by atoms with van der Waals surface area (Å²) in [5, 5.41) is 3.66. The van der Waals surface area contributed by atoms with E-state index in [1.54, 1.807) is 0 Å². The summed E-state index contributed by atoms with van der Waals surface area (Å²) in [6.07, 6.45) is 10.1. The Morgan fingerprint density at radius 1 is 1.35 bits per heavy atom. The van der Waals surface area contributed by atoms with Gasteiger partial charge in [-0.05, 0) is 52.0 Å². The predicted molar refractivity (Wildman–Crippen MR) is 83.1 cm³/mol. The van der Waals surface area contributed by atoms with Crippen LogP contribution >= 0.6 is 0 Å². The highest BCUT2D eigenvalue weighted by molar-refractivity contribution is 4.86. The van der Waals surface area contributed by atoms with E-state index in [0.29, 0.717) is 6.04 Å². The molecule has 20 heavy (non-hydrogen) atoms. The van der Waals surface area contributed by atoms with Gasteiger partial charge in [0.2, 0.25) is 0 Å². The van der Waals surface area contributed by atoms with E-state index in [9.17, 15) is 4.79 Å². The monoisotopic (exact) mass is 279 g/mol. The molecule has 0 aromatic carbocycles. The van der Waals surface area contributed by atoms with Crippen LogP contribution in [0.25, 0.3) is 0 Å². The number of nitrogens with one attached hydrogen (secondary N) is 1. The Hall–Kier alpha value is -1.03. The van der Waals surface area contributed by atoms with Gasteiger partial charge >= 0.3 is 5.69 Å². The molecule has 1 aliphatic carbocycles. The molecule has 114 valence electrons. The lowest BCUT2D eigenvalue weighted by Gasteiger charge is -2.20. The molecule has 1 aliphatic rings. The molecule has 4 heteroatoms. The summed E-state index contributed by atoms with van der Waals surface area (Å²) in [6, 6.07) is 0.909. The average Bonchev–Trinajstić information content (AvgIpc) is 3.00. The third-order valence-electron chi connectivity index (χ3n) is 4.49. The first-order valence-corrected chi connectivity index (χ1v) is 8.14. The third kappa shape index (κ3) is 3.54. The zero-order valence-corrected chi connectivity index (χ0v) is 13.1. The van der Waals surface area contributed by atoms with Gasteiger partial charge in [-0.15, -0.1) is 0 Å². The first-order valence-electron chi connectivity index (χ1n) is 8.14. The first kappa shape index (κ1) is 15.4. The van der Waals surface area contributed by atoms with Gasteiger partial charge in [0.15, 0.2) is 0 Å². The van der Waals surface area contributed by atoms with Crippen molar-refractivity contribution in [3.63, 3.8) is 0 Å². The average molecular weight is 279 g/mol. The molecule has 0 amide bonds. The molecule has 2 rings (SSSR count). The molecule has 1 saturated carbocycles. The second-order valence-corrected chi connectivity index (χ2v) is 6.32. The molecule has 1 aromatic rings. The van der Waals surface area contributed by atoms with Gasteiger partial charge in [0.05, 0.1) is 0 Å². The Balaban J connectivity index is 1.90. The fraction of sp³-hybridized carbons (Fsp3) is 0.812. The van der Waals surface area contributed by atoms with Crippen LogP contribution in [0.1, 0.15) is 58.9 Å². The summed E-state index contributed by atoms with van der Waals surface area (Å²) >= 11 is 0. The molecule has 0 saturated heterocycles. The van der Waals surface area contributed by atoms with Gasteiger partial charge in [-0.2, -0.15) is 0 Å². The largest absolute Gasteiger partial charge is 0.328 e. The molecule has 4 nitrogen and oxygen atoms in total. The summed E-state index contributed by atoms with van der Waals surface area (Å²) in [5.41, 5.74) is 0.135. The van der Waals surface area contributed by atoms with E-state index in [-0.39, 0.29) is 11.7 Å². The Morgan fingerprint density at radius 2 is 2.15 bits per heavy atom. The molecule has 2 unspecified atom stereocenters. The maximum absolute atomic E-state index is 12.2. The van der Waals surface area contributed by atoms with Crippen LogP contribution in [0.5, 0.6) is 0 Å². The number of aryl methyl sites for hydroxylation is 1. The lowest BCUT2D eigenvalue weighted by Crippen LogP contribution is -2.34. The zero-order valence-electron chi connectivity index (χ0n) is 13.1. The Bertz CT molecular complexity index is 461. The van der Waals surface area contributed by atoms with E-state index < -0.39 is 0 Å². The Kier molecular flexibility index (Phi) is 5.46. The summed E-state index contributed by atoms with van der Waals surface area (Å²) in [4.78, 5) is 12.2. The van der Waals surface area contributed by atoms with Crippen molar-refractivity contribution in [2.75, 3.05) is 6.54 Å². The van der Waals surface area contributed by atoms with E-state index in [2.05, 4.69) is 12.2 Å². The van der Waals surface area contributed by atoms with Gasteiger partial charge in [0.1, 0.15) is 0 Å². The lowest BCUT2D eigenvalue weighted by molar-refractivity contribution is 0.358. The van der Waals surface area contributed by atoms with E-state index in [0.717, 1.165) is 25.4 Å². The number of aromatic nitrogens is 2. The minimum Gasteiger partial charge on any atom is -0.314 e. The Labute approximate surface area is 122 Å². The second-order valence-electron chi connectivity index (χ2n) is 6.32.